The number of fused-ring (bicyclic) bond motifs is 2. The van der Waals surface area contributed by atoms with Crippen LogP contribution >= 0.6 is 0 Å². The maximum atomic E-state index is 15.3. The highest BCUT2D eigenvalue weighted by Crippen LogP contribution is 2.45. The van der Waals surface area contributed by atoms with E-state index < -0.39 is 34.9 Å². The molecule has 0 fully saturated rings. The molecule has 3 aromatic rings. The molecule has 6 nitrogen and oxygen atoms in total. The van der Waals surface area contributed by atoms with Crippen LogP contribution in [0.15, 0.2) is 30.3 Å². The number of nitrogens with one attached hydrogen (secondary N) is 1. The smallest absolute Gasteiger partial charge is 0.278 e. The number of halogens is 3. The number of aromatic nitrogens is 2. The summed E-state index contributed by atoms with van der Waals surface area (Å²) in [5.74, 6) is -5.10. The van der Waals surface area contributed by atoms with Crippen LogP contribution in [0.25, 0.3) is 10.8 Å². The predicted molar refractivity (Wildman–Crippen MR) is 134 cm³/mol. The van der Waals surface area contributed by atoms with E-state index in [1.54, 1.807) is 18.7 Å². The number of hydrogen-bond donors (Lipinski definition) is 1. The highest BCUT2D eigenvalue weighted by Gasteiger charge is 2.48. The third-order valence-electron chi connectivity index (χ3n) is 7.20. The summed E-state index contributed by atoms with van der Waals surface area (Å²) in [7, 11) is 1.50. The van der Waals surface area contributed by atoms with Gasteiger partial charge in [-0.15, -0.1) is 5.10 Å². The van der Waals surface area contributed by atoms with Gasteiger partial charge < -0.3 is 15.0 Å². The molecule has 9 heteroatoms. The molecule has 1 aliphatic rings. The number of anilines is 2. The molecule has 0 bridgehead atoms. The quantitative estimate of drug-likeness (QED) is 0.417. The molecule has 0 saturated carbocycles. The molecule has 2 atom stereocenters. The van der Waals surface area contributed by atoms with E-state index >= 15 is 4.39 Å². The molecule has 4 rings (SSSR count). The van der Waals surface area contributed by atoms with E-state index in [-0.39, 0.29) is 11.5 Å². The molecule has 0 aliphatic carbocycles. The molecular formula is C27H31F3N4O2. The van der Waals surface area contributed by atoms with Crippen LogP contribution in [0.2, 0.25) is 0 Å². The van der Waals surface area contributed by atoms with Gasteiger partial charge in [-0.25, -0.2) is 13.2 Å². The van der Waals surface area contributed by atoms with Crippen molar-refractivity contribution in [2.75, 3.05) is 23.9 Å². The van der Waals surface area contributed by atoms with Gasteiger partial charge in [0, 0.05) is 41.5 Å². The van der Waals surface area contributed by atoms with Crippen LogP contribution in [0.5, 0.6) is 0 Å². The molecule has 36 heavy (non-hydrogen) atoms. The number of carbonyl (C=O) groups excluding carboxylic acids is 1. The number of alkyl halides is 2. The van der Waals surface area contributed by atoms with Crippen molar-refractivity contribution in [2.24, 2.45) is 5.92 Å². The van der Waals surface area contributed by atoms with Crippen LogP contribution in [0.3, 0.4) is 0 Å². The van der Waals surface area contributed by atoms with Crippen molar-refractivity contribution >= 4 is 28.2 Å². The van der Waals surface area contributed by atoms with E-state index in [0.717, 1.165) is 17.0 Å². The second kappa shape index (κ2) is 9.03. The molecule has 1 amide bonds. The van der Waals surface area contributed by atoms with Crippen LogP contribution in [0.4, 0.5) is 24.7 Å². The number of ether oxygens (including phenoxy) is 1. The Hall–Kier alpha value is -3.20. The minimum Gasteiger partial charge on any atom is -0.364 e. The third kappa shape index (κ3) is 3.80. The molecule has 2 unspecified atom stereocenters. The van der Waals surface area contributed by atoms with Crippen molar-refractivity contribution in [3.05, 3.63) is 58.5 Å². The van der Waals surface area contributed by atoms with Gasteiger partial charge in [0.25, 0.3) is 11.8 Å². The predicted octanol–water partition coefficient (Wildman–Crippen LogP) is 6.23. The van der Waals surface area contributed by atoms with Gasteiger partial charge in [0.05, 0.1) is 23.0 Å². The van der Waals surface area contributed by atoms with E-state index in [0.29, 0.717) is 29.1 Å². The average Bonchev–Trinajstić information content (AvgIpc) is 3.05. The molecule has 2 heterocycles. The lowest BCUT2D eigenvalue weighted by Crippen LogP contribution is -2.39. The number of methoxy groups -OCH3 is 1. The van der Waals surface area contributed by atoms with Crippen molar-refractivity contribution in [1.82, 2.24) is 10.2 Å². The molecule has 0 saturated heterocycles. The van der Waals surface area contributed by atoms with E-state index in [1.807, 2.05) is 26.0 Å². The van der Waals surface area contributed by atoms with Gasteiger partial charge in [0.1, 0.15) is 5.82 Å². The Balaban J connectivity index is 1.81. The van der Waals surface area contributed by atoms with E-state index in [2.05, 4.69) is 15.5 Å². The summed E-state index contributed by atoms with van der Waals surface area (Å²) in [6, 6.07) is 7.09. The fourth-order valence-electron chi connectivity index (χ4n) is 4.76. The van der Waals surface area contributed by atoms with Gasteiger partial charge in [-0.1, -0.05) is 32.0 Å². The fraction of sp³-hybridized carbons (Fsp3) is 0.444. The second-order valence-corrected chi connectivity index (χ2v) is 9.69. The molecule has 1 N–H and O–H groups in total. The number of nitrogens with zero attached hydrogens (tertiary/aromatic N) is 3. The van der Waals surface area contributed by atoms with Crippen LogP contribution in [-0.4, -0.2) is 29.8 Å². The zero-order valence-corrected chi connectivity index (χ0v) is 21.5. The first-order valence-electron chi connectivity index (χ1n) is 12.0. The monoisotopic (exact) mass is 500 g/mol. The highest BCUT2D eigenvalue weighted by atomic mass is 19.3. The summed E-state index contributed by atoms with van der Waals surface area (Å²) in [6.45, 7) is 10.3. The lowest BCUT2D eigenvalue weighted by atomic mass is 9.93. The van der Waals surface area contributed by atoms with Crippen LogP contribution in [0.1, 0.15) is 63.0 Å². The molecule has 0 radical (unpaired) electrons. The molecule has 1 aromatic heterocycles. The molecule has 2 aromatic carbocycles. The fourth-order valence-corrected chi connectivity index (χ4v) is 4.76. The first-order valence-corrected chi connectivity index (χ1v) is 12.0. The van der Waals surface area contributed by atoms with E-state index in [4.69, 9.17) is 4.74 Å². The molecular weight excluding hydrogens is 469 g/mol. The Morgan fingerprint density at radius 2 is 1.86 bits per heavy atom. The first-order chi connectivity index (χ1) is 16.9. The lowest BCUT2D eigenvalue weighted by molar-refractivity contribution is -0.137. The number of amides is 1. The Kier molecular flexibility index (Phi) is 6.49. The Labute approximate surface area is 208 Å². The summed E-state index contributed by atoms with van der Waals surface area (Å²) in [6.07, 6.45) is 0. The Morgan fingerprint density at radius 3 is 2.47 bits per heavy atom. The van der Waals surface area contributed by atoms with Crippen molar-refractivity contribution in [3.63, 3.8) is 0 Å². The van der Waals surface area contributed by atoms with Crippen LogP contribution < -0.4 is 10.2 Å². The number of hydrogen-bond acceptors (Lipinski definition) is 5. The summed E-state index contributed by atoms with van der Waals surface area (Å²) in [5.41, 5.74) is 0.429. The minimum absolute atomic E-state index is 0.0989. The average molecular weight is 501 g/mol. The summed E-state index contributed by atoms with van der Waals surface area (Å²) >= 11 is 0. The Bertz CT molecular complexity index is 1340. The van der Waals surface area contributed by atoms with Crippen LogP contribution in [0, 0.1) is 18.7 Å². The van der Waals surface area contributed by atoms with Crippen molar-refractivity contribution in [3.8, 4) is 0 Å². The minimum atomic E-state index is -3.30. The van der Waals surface area contributed by atoms with Crippen molar-refractivity contribution in [2.45, 2.75) is 59.1 Å². The van der Waals surface area contributed by atoms with Gasteiger partial charge in [0.15, 0.2) is 11.4 Å². The topological polar surface area (TPSA) is 67.4 Å². The number of likely N-dealkylation sites (N-methyl/N-ethyl adjacent to an activating group) is 1. The van der Waals surface area contributed by atoms with Gasteiger partial charge in [0.2, 0.25) is 0 Å². The number of benzene rings is 2. The lowest BCUT2D eigenvalue weighted by Gasteiger charge is -2.24. The summed E-state index contributed by atoms with van der Waals surface area (Å²) in [4.78, 5) is 14.8. The highest BCUT2D eigenvalue weighted by molar-refractivity contribution is 6.10. The zero-order valence-electron chi connectivity index (χ0n) is 21.5. The standard InChI is InChI=1S/C27H31F3N4O2/c1-8-34-22-13-19-18(12-21(22)26(6,36-7)25(34)35)16(5)32-33-24(19)31-15(4)17-10-9-11-20(23(17)28)27(29,30)14(2)3/h9-15H,8H2,1-7H3,(H,31,33). The van der Waals surface area contributed by atoms with E-state index in [1.165, 1.54) is 33.1 Å². The maximum absolute atomic E-state index is 15.3. The molecule has 0 spiro atoms. The molecule has 192 valence electrons. The van der Waals surface area contributed by atoms with Gasteiger partial charge in [-0.05, 0) is 39.8 Å². The first kappa shape index (κ1) is 25.9. The zero-order chi connectivity index (χ0) is 26.6. The van der Waals surface area contributed by atoms with Gasteiger partial charge in [-0.2, -0.15) is 5.10 Å². The maximum Gasteiger partial charge on any atom is 0.278 e. The number of aryl methyl sites for hydroxylation is 1. The van der Waals surface area contributed by atoms with Gasteiger partial charge in [-0.3, -0.25) is 4.79 Å². The Morgan fingerprint density at radius 1 is 1.17 bits per heavy atom. The SMILES string of the molecule is CCN1C(=O)C(C)(OC)c2cc3c(C)nnc(NC(C)c4cccc(C(F)(F)C(C)C)c4F)c3cc21. The third-order valence-corrected chi connectivity index (χ3v) is 7.20. The largest absolute Gasteiger partial charge is 0.364 e. The van der Waals surface area contributed by atoms with Crippen molar-refractivity contribution < 1.29 is 22.7 Å². The normalized spacial score (nSPS) is 18.8. The second-order valence-electron chi connectivity index (χ2n) is 9.69. The number of rotatable bonds is 7. The van der Waals surface area contributed by atoms with Gasteiger partial charge >= 0.3 is 0 Å². The molecule has 1 aliphatic heterocycles. The van der Waals surface area contributed by atoms with Crippen molar-refractivity contribution in [1.29, 1.82) is 0 Å². The summed E-state index contributed by atoms with van der Waals surface area (Å²) < 4.78 is 50.2. The summed E-state index contributed by atoms with van der Waals surface area (Å²) in [5, 5.41) is 13.1. The van der Waals surface area contributed by atoms with E-state index in [9.17, 15) is 13.6 Å². The van der Waals surface area contributed by atoms with Crippen LogP contribution in [-0.2, 0) is 21.1 Å². The number of carbonyl (C=O) groups is 1.